The van der Waals surface area contributed by atoms with Crippen LogP contribution < -0.4 is 15.4 Å². The van der Waals surface area contributed by atoms with Crippen LogP contribution in [0, 0.1) is 0 Å². The molecule has 2 fully saturated rings. The normalized spacial score (nSPS) is 16.8. The Kier molecular flexibility index (Phi) is 4.67. The summed E-state index contributed by atoms with van der Waals surface area (Å²) in [5.41, 5.74) is 0.700. The second kappa shape index (κ2) is 7.62. The topological polar surface area (TPSA) is 80.0 Å². The molecule has 148 valence electrons. The van der Waals surface area contributed by atoms with Crippen molar-refractivity contribution >= 4 is 11.6 Å². The van der Waals surface area contributed by atoms with E-state index in [-0.39, 0.29) is 5.56 Å². The standard InChI is InChI=1S/C21H23N7O/c29-20-7-6-19(25-28(20)15-17-3-1-2-9-22-17)27-13-11-26(12-14-27)18-8-10-23-21(24-18)16-4-5-16/h1-3,6-10,16H,4-5,11-15H2. The summed E-state index contributed by atoms with van der Waals surface area (Å²) in [6.07, 6.45) is 6.01. The van der Waals surface area contributed by atoms with Crippen molar-refractivity contribution in [1.29, 1.82) is 0 Å². The fourth-order valence-electron chi connectivity index (χ4n) is 3.61. The fourth-order valence-corrected chi connectivity index (χ4v) is 3.61. The van der Waals surface area contributed by atoms with Crippen molar-refractivity contribution < 1.29 is 0 Å². The average Bonchev–Trinajstić information content (AvgIpc) is 3.62. The Morgan fingerprint density at radius 1 is 0.862 bits per heavy atom. The number of hydrogen-bond acceptors (Lipinski definition) is 7. The molecule has 0 bridgehead atoms. The maximum atomic E-state index is 12.2. The number of rotatable bonds is 5. The summed E-state index contributed by atoms with van der Waals surface area (Å²) in [6, 6.07) is 11.1. The lowest BCUT2D eigenvalue weighted by Crippen LogP contribution is -2.47. The Morgan fingerprint density at radius 2 is 1.66 bits per heavy atom. The molecule has 5 rings (SSSR count). The maximum absolute atomic E-state index is 12.2. The third-order valence-electron chi connectivity index (χ3n) is 5.42. The van der Waals surface area contributed by atoms with Crippen molar-refractivity contribution in [2.45, 2.75) is 25.3 Å². The smallest absolute Gasteiger partial charge is 0.267 e. The summed E-state index contributed by atoms with van der Waals surface area (Å²) in [6.45, 7) is 3.76. The van der Waals surface area contributed by atoms with Crippen LogP contribution in [0.4, 0.5) is 11.6 Å². The largest absolute Gasteiger partial charge is 0.353 e. The van der Waals surface area contributed by atoms with E-state index in [1.807, 2.05) is 36.5 Å². The minimum atomic E-state index is -0.119. The van der Waals surface area contributed by atoms with Gasteiger partial charge in [-0.05, 0) is 37.1 Å². The van der Waals surface area contributed by atoms with Gasteiger partial charge in [-0.2, -0.15) is 5.10 Å². The predicted octanol–water partition coefficient (Wildman–Crippen LogP) is 1.68. The van der Waals surface area contributed by atoms with Crippen molar-refractivity contribution in [3.05, 3.63) is 70.7 Å². The third-order valence-corrected chi connectivity index (χ3v) is 5.42. The van der Waals surface area contributed by atoms with Crippen LogP contribution in [0.2, 0.25) is 0 Å². The first-order valence-electron chi connectivity index (χ1n) is 10.1. The van der Waals surface area contributed by atoms with Gasteiger partial charge in [0.1, 0.15) is 17.5 Å². The molecule has 4 heterocycles. The number of pyridine rings is 1. The first-order chi connectivity index (χ1) is 14.3. The molecule has 1 saturated carbocycles. The lowest BCUT2D eigenvalue weighted by molar-refractivity contribution is 0.594. The maximum Gasteiger partial charge on any atom is 0.267 e. The molecule has 1 aliphatic carbocycles. The molecule has 0 atom stereocenters. The van der Waals surface area contributed by atoms with E-state index in [0.29, 0.717) is 12.5 Å². The summed E-state index contributed by atoms with van der Waals surface area (Å²) >= 11 is 0. The molecule has 0 unspecified atom stereocenters. The molecule has 29 heavy (non-hydrogen) atoms. The molecule has 1 saturated heterocycles. The lowest BCUT2D eigenvalue weighted by atomic mass is 10.3. The van der Waals surface area contributed by atoms with Gasteiger partial charge in [-0.25, -0.2) is 14.6 Å². The SMILES string of the molecule is O=c1ccc(N2CCN(c3ccnc(C4CC4)n3)CC2)nn1Cc1ccccn1. The number of piperazine rings is 1. The van der Waals surface area contributed by atoms with Gasteiger partial charge >= 0.3 is 0 Å². The van der Waals surface area contributed by atoms with E-state index in [9.17, 15) is 4.79 Å². The number of anilines is 2. The van der Waals surface area contributed by atoms with Gasteiger partial charge in [0.2, 0.25) is 0 Å². The van der Waals surface area contributed by atoms with Gasteiger partial charge in [-0.15, -0.1) is 0 Å². The van der Waals surface area contributed by atoms with E-state index in [2.05, 4.69) is 24.9 Å². The summed E-state index contributed by atoms with van der Waals surface area (Å²) in [7, 11) is 0. The lowest BCUT2D eigenvalue weighted by Gasteiger charge is -2.36. The zero-order valence-electron chi connectivity index (χ0n) is 16.2. The zero-order valence-corrected chi connectivity index (χ0v) is 16.2. The average molecular weight is 389 g/mol. The van der Waals surface area contributed by atoms with E-state index in [0.717, 1.165) is 49.3 Å². The number of aromatic nitrogens is 5. The van der Waals surface area contributed by atoms with E-state index >= 15 is 0 Å². The highest BCUT2D eigenvalue weighted by atomic mass is 16.1. The fraction of sp³-hybridized carbons (Fsp3) is 0.381. The predicted molar refractivity (Wildman–Crippen MR) is 110 cm³/mol. The van der Waals surface area contributed by atoms with Crippen molar-refractivity contribution in [3.8, 4) is 0 Å². The van der Waals surface area contributed by atoms with Crippen molar-refractivity contribution in [3.63, 3.8) is 0 Å². The van der Waals surface area contributed by atoms with Crippen molar-refractivity contribution in [1.82, 2.24) is 24.7 Å². The Bertz CT molecular complexity index is 1040. The molecule has 0 amide bonds. The molecule has 0 aromatic carbocycles. The van der Waals surface area contributed by atoms with Gasteiger partial charge < -0.3 is 9.80 Å². The van der Waals surface area contributed by atoms with Crippen LogP contribution in [0.25, 0.3) is 0 Å². The molecular formula is C21H23N7O. The first kappa shape index (κ1) is 17.8. The minimum Gasteiger partial charge on any atom is -0.353 e. The molecule has 0 radical (unpaired) electrons. The highest BCUT2D eigenvalue weighted by Gasteiger charge is 2.27. The summed E-state index contributed by atoms with van der Waals surface area (Å²) in [5, 5.41) is 4.58. The van der Waals surface area contributed by atoms with Gasteiger partial charge in [-0.1, -0.05) is 6.07 Å². The second-order valence-corrected chi connectivity index (χ2v) is 7.53. The van der Waals surface area contributed by atoms with Crippen molar-refractivity contribution in [2.75, 3.05) is 36.0 Å². The molecule has 8 nitrogen and oxygen atoms in total. The van der Waals surface area contributed by atoms with Crippen LogP contribution in [-0.2, 0) is 6.54 Å². The highest BCUT2D eigenvalue weighted by molar-refractivity contribution is 5.44. The highest BCUT2D eigenvalue weighted by Crippen LogP contribution is 2.38. The number of hydrogen-bond donors (Lipinski definition) is 0. The molecule has 0 N–H and O–H groups in total. The van der Waals surface area contributed by atoms with E-state index in [4.69, 9.17) is 4.98 Å². The molecule has 3 aromatic heterocycles. The number of nitrogens with zero attached hydrogens (tertiary/aromatic N) is 7. The van der Waals surface area contributed by atoms with Gasteiger partial charge in [0, 0.05) is 50.6 Å². The van der Waals surface area contributed by atoms with Crippen LogP contribution in [0.1, 0.15) is 30.3 Å². The monoisotopic (exact) mass is 389 g/mol. The Balaban J connectivity index is 1.27. The molecule has 8 heteroatoms. The Labute approximate surface area is 168 Å². The van der Waals surface area contributed by atoms with Gasteiger partial charge in [0.25, 0.3) is 5.56 Å². The molecular weight excluding hydrogens is 366 g/mol. The van der Waals surface area contributed by atoms with Gasteiger partial charge in [-0.3, -0.25) is 9.78 Å². The second-order valence-electron chi connectivity index (χ2n) is 7.53. The molecule has 0 spiro atoms. The Hall–Kier alpha value is -3.29. The summed E-state index contributed by atoms with van der Waals surface area (Å²) in [5.74, 6) is 3.37. The van der Waals surface area contributed by atoms with Crippen LogP contribution in [0.5, 0.6) is 0 Å². The zero-order chi connectivity index (χ0) is 19.6. The van der Waals surface area contributed by atoms with Crippen LogP contribution >= 0.6 is 0 Å². The molecule has 3 aromatic rings. The van der Waals surface area contributed by atoms with Gasteiger partial charge in [0.15, 0.2) is 0 Å². The van der Waals surface area contributed by atoms with Crippen molar-refractivity contribution in [2.24, 2.45) is 0 Å². The van der Waals surface area contributed by atoms with Crippen LogP contribution in [0.15, 0.2) is 53.6 Å². The van der Waals surface area contributed by atoms with Crippen LogP contribution in [-0.4, -0.2) is 50.9 Å². The van der Waals surface area contributed by atoms with Crippen LogP contribution in [0.3, 0.4) is 0 Å². The molecule has 2 aliphatic rings. The quantitative estimate of drug-likeness (QED) is 0.657. The first-order valence-corrected chi connectivity index (χ1v) is 10.1. The summed E-state index contributed by atoms with van der Waals surface area (Å²) < 4.78 is 1.48. The van der Waals surface area contributed by atoms with E-state index in [1.165, 1.54) is 17.5 Å². The van der Waals surface area contributed by atoms with E-state index in [1.54, 1.807) is 12.3 Å². The minimum absolute atomic E-state index is 0.119. The summed E-state index contributed by atoms with van der Waals surface area (Å²) in [4.78, 5) is 30.2. The third kappa shape index (κ3) is 3.96. The van der Waals surface area contributed by atoms with Gasteiger partial charge in [0.05, 0.1) is 12.2 Å². The molecule has 1 aliphatic heterocycles. The van der Waals surface area contributed by atoms with E-state index < -0.39 is 0 Å². The Morgan fingerprint density at radius 3 is 2.38 bits per heavy atom.